The van der Waals surface area contributed by atoms with Gasteiger partial charge in [0.1, 0.15) is 0 Å². The van der Waals surface area contributed by atoms with Gasteiger partial charge in [0.15, 0.2) is 11.0 Å². The minimum absolute atomic E-state index is 1.04. The van der Waals surface area contributed by atoms with Crippen molar-refractivity contribution in [2.24, 2.45) is 0 Å². The average molecular weight is 189 g/mol. The van der Waals surface area contributed by atoms with Gasteiger partial charge in [-0.05, 0) is 25.5 Å². The highest BCUT2D eigenvalue weighted by molar-refractivity contribution is 5.71. The van der Waals surface area contributed by atoms with E-state index in [4.69, 9.17) is 0 Å². The summed E-state index contributed by atoms with van der Waals surface area (Å²) in [6, 6.07) is 8.58. The first-order valence-corrected chi connectivity index (χ1v) is 5.34. The Morgan fingerprint density at radius 1 is 1.21 bits per heavy atom. The van der Waals surface area contributed by atoms with Gasteiger partial charge in [-0.15, -0.1) is 0 Å². The summed E-state index contributed by atoms with van der Waals surface area (Å²) in [7, 11) is 0. The Morgan fingerprint density at radius 2 is 2.00 bits per heavy atom. The number of para-hydroxylation sites is 2. The average Bonchev–Trinajstić information content (AvgIpc) is 2.58. The van der Waals surface area contributed by atoms with Crippen LogP contribution in [0.4, 0.5) is 0 Å². The molecule has 0 aliphatic rings. The van der Waals surface area contributed by atoms with Crippen LogP contribution in [0.15, 0.2) is 30.6 Å². The summed E-state index contributed by atoms with van der Waals surface area (Å²) in [5, 5.41) is 0. The summed E-state index contributed by atoms with van der Waals surface area (Å²) in [4.78, 5) is 0. The maximum atomic E-state index is 2.33. The first-order valence-electron chi connectivity index (χ1n) is 5.34. The van der Waals surface area contributed by atoms with Crippen LogP contribution < -0.4 is 4.57 Å². The third kappa shape index (κ3) is 1.41. The van der Waals surface area contributed by atoms with Crippen LogP contribution in [-0.4, -0.2) is 4.57 Å². The SMILES string of the molecule is CCC[n+]1cn(CC)c2ccccc21. The van der Waals surface area contributed by atoms with E-state index in [1.54, 1.807) is 0 Å². The number of hydrogen-bond acceptors (Lipinski definition) is 0. The number of fused-ring (bicyclic) bond motifs is 1. The Bertz CT molecular complexity index is 429. The molecule has 0 atom stereocenters. The first kappa shape index (κ1) is 9.25. The summed E-state index contributed by atoms with van der Waals surface area (Å²) >= 11 is 0. The Morgan fingerprint density at radius 3 is 2.71 bits per heavy atom. The lowest BCUT2D eigenvalue weighted by Gasteiger charge is -1.91. The van der Waals surface area contributed by atoms with Gasteiger partial charge in [-0.1, -0.05) is 19.1 Å². The van der Waals surface area contributed by atoms with Crippen LogP contribution in [0.5, 0.6) is 0 Å². The monoisotopic (exact) mass is 189 g/mol. The predicted molar refractivity (Wildman–Crippen MR) is 58.1 cm³/mol. The van der Waals surface area contributed by atoms with Gasteiger partial charge in [-0.2, -0.15) is 0 Å². The van der Waals surface area contributed by atoms with E-state index >= 15 is 0 Å². The van der Waals surface area contributed by atoms with E-state index in [-0.39, 0.29) is 0 Å². The van der Waals surface area contributed by atoms with E-state index in [0.29, 0.717) is 0 Å². The molecule has 0 radical (unpaired) electrons. The molecule has 0 spiro atoms. The molecule has 0 aliphatic heterocycles. The molecule has 0 aliphatic carbocycles. The second-order valence-electron chi connectivity index (χ2n) is 3.58. The predicted octanol–water partition coefficient (Wildman–Crippen LogP) is 2.36. The third-order valence-electron chi connectivity index (χ3n) is 2.58. The maximum Gasteiger partial charge on any atom is 0.244 e. The van der Waals surface area contributed by atoms with Crippen LogP contribution in [0.2, 0.25) is 0 Å². The van der Waals surface area contributed by atoms with E-state index in [1.807, 2.05) is 0 Å². The summed E-state index contributed by atoms with van der Waals surface area (Å²) in [6.45, 7) is 6.54. The van der Waals surface area contributed by atoms with E-state index < -0.39 is 0 Å². The number of aromatic nitrogens is 2. The smallest absolute Gasteiger partial charge is 0.230 e. The van der Waals surface area contributed by atoms with Crippen LogP contribution in [0.3, 0.4) is 0 Å². The fraction of sp³-hybridized carbons (Fsp3) is 0.417. The lowest BCUT2D eigenvalue weighted by Crippen LogP contribution is -2.31. The van der Waals surface area contributed by atoms with Gasteiger partial charge < -0.3 is 0 Å². The molecule has 0 amide bonds. The van der Waals surface area contributed by atoms with Crippen molar-refractivity contribution >= 4 is 11.0 Å². The molecular formula is C12H17N2+. The van der Waals surface area contributed by atoms with Crippen molar-refractivity contribution in [2.45, 2.75) is 33.4 Å². The highest BCUT2D eigenvalue weighted by Gasteiger charge is 2.11. The number of imidazole rings is 1. The van der Waals surface area contributed by atoms with Gasteiger partial charge in [0, 0.05) is 0 Å². The zero-order chi connectivity index (χ0) is 9.97. The standard InChI is InChI=1S/C12H17N2/c1-3-9-14-10-13(4-2)11-7-5-6-8-12(11)14/h5-8,10H,3-4,9H2,1-2H3/q+1. The molecule has 0 fully saturated rings. The molecule has 2 rings (SSSR count). The summed E-state index contributed by atoms with van der Waals surface area (Å²) in [5.74, 6) is 0. The van der Waals surface area contributed by atoms with Crippen LogP contribution >= 0.6 is 0 Å². The second kappa shape index (κ2) is 3.82. The van der Waals surface area contributed by atoms with Crippen molar-refractivity contribution < 1.29 is 4.57 Å². The number of benzene rings is 1. The van der Waals surface area contributed by atoms with Gasteiger partial charge in [0.2, 0.25) is 6.33 Å². The molecule has 2 nitrogen and oxygen atoms in total. The lowest BCUT2D eigenvalue weighted by atomic mass is 10.3. The topological polar surface area (TPSA) is 8.81 Å². The van der Waals surface area contributed by atoms with Gasteiger partial charge in [0.05, 0.1) is 13.1 Å². The van der Waals surface area contributed by atoms with Crippen LogP contribution in [0.25, 0.3) is 11.0 Å². The first-order chi connectivity index (χ1) is 6.86. The zero-order valence-corrected chi connectivity index (χ0v) is 8.90. The van der Waals surface area contributed by atoms with Crippen molar-refractivity contribution in [1.82, 2.24) is 4.57 Å². The number of aryl methyl sites for hydroxylation is 2. The lowest BCUT2D eigenvalue weighted by molar-refractivity contribution is -0.672. The zero-order valence-electron chi connectivity index (χ0n) is 8.90. The number of hydrogen-bond donors (Lipinski definition) is 0. The quantitative estimate of drug-likeness (QED) is 0.655. The van der Waals surface area contributed by atoms with Crippen molar-refractivity contribution in [3.8, 4) is 0 Å². The van der Waals surface area contributed by atoms with Crippen molar-refractivity contribution in [3.05, 3.63) is 30.6 Å². The molecule has 2 aromatic rings. The Balaban J connectivity index is 2.61. The van der Waals surface area contributed by atoms with Crippen LogP contribution in [-0.2, 0) is 13.1 Å². The summed E-state index contributed by atoms with van der Waals surface area (Å²) < 4.78 is 4.63. The van der Waals surface area contributed by atoms with E-state index in [0.717, 1.165) is 13.1 Å². The van der Waals surface area contributed by atoms with Gasteiger partial charge >= 0.3 is 0 Å². The van der Waals surface area contributed by atoms with Crippen molar-refractivity contribution in [2.75, 3.05) is 0 Å². The molecule has 0 saturated heterocycles. The highest BCUT2D eigenvalue weighted by Crippen LogP contribution is 2.10. The van der Waals surface area contributed by atoms with E-state index in [1.165, 1.54) is 17.5 Å². The Hall–Kier alpha value is -1.31. The largest absolute Gasteiger partial charge is 0.244 e. The molecule has 1 heterocycles. The van der Waals surface area contributed by atoms with E-state index in [2.05, 4.69) is 53.6 Å². The summed E-state index contributed by atoms with van der Waals surface area (Å²) in [6.07, 6.45) is 3.40. The van der Waals surface area contributed by atoms with Crippen LogP contribution in [0.1, 0.15) is 20.3 Å². The van der Waals surface area contributed by atoms with E-state index in [9.17, 15) is 0 Å². The van der Waals surface area contributed by atoms with Crippen molar-refractivity contribution in [3.63, 3.8) is 0 Å². The van der Waals surface area contributed by atoms with Crippen LogP contribution in [0, 0.1) is 0 Å². The molecular weight excluding hydrogens is 172 g/mol. The molecule has 14 heavy (non-hydrogen) atoms. The highest BCUT2D eigenvalue weighted by atomic mass is 15.1. The fourth-order valence-corrected chi connectivity index (χ4v) is 1.91. The third-order valence-corrected chi connectivity index (χ3v) is 2.58. The normalized spacial score (nSPS) is 11.0. The molecule has 0 N–H and O–H groups in total. The summed E-state index contributed by atoms with van der Waals surface area (Å²) in [5.41, 5.74) is 2.68. The molecule has 0 bridgehead atoms. The molecule has 74 valence electrons. The molecule has 1 aromatic carbocycles. The molecule has 0 saturated carbocycles. The van der Waals surface area contributed by atoms with Gasteiger partial charge in [0.25, 0.3) is 0 Å². The second-order valence-corrected chi connectivity index (χ2v) is 3.58. The minimum Gasteiger partial charge on any atom is -0.230 e. The fourth-order valence-electron chi connectivity index (χ4n) is 1.91. The van der Waals surface area contributed by atoms with Crippen molar-refractivity contribution in [1.29, 1.82) is 0 Å². The Kier molecular flexibility index (Phi) is 2.53. The van der Waals surface area contributed by atoms with Gasteiger partial charge in [-0.3, -0.25) is 0 Å². The number of nitrogens with zero attached hydrogens (tertiary/aromatic N) is 2. The minimum atomic E-state index is 1.04. The Labute approximate surface area is 84.8 Å². The number of rotatable bonds is 3. The molecule has 0 unspecified atom stereocenters. The molecule has 1 aromatic heterocycles. The maximum absolute atomic E-state index is 2.33. The van der Waals surface area contributed by atoms with Gasteiger partial charge in [-0.25, -0.2) is 9.13 Å². The molecule has 2 heteroatoms.